The van der Waals surface area contributed by atoms with Crippen LogP contribution >= 0.6 is 61.0 Å². The molecule has 248 valence electrons. The average molecular weight is 692 g/mol. The van der Waals surface area contributed by atoms with E-state index in [2.05, 4.69) is 23.3 Å². The van der Waals surface area contributed by atoms with Crippen molar-refractivity contribution in [2.45, 2.75) is 79.4 Å². The molecule has 0 rings (SSSR count). The van der Waals surface area contributed by atoms with Gasteiger partial charge in [0.2, 0.25) is 5.12 Å². The molecule has 0 aliphatic carbocycles. The summed E-state index contributed by atoms with van der Waals surface area (Å²) < 4.78 is 9.98. The molecule has 0 aromatic heterocycles. The van der Waals surface area contributed by atoms with Crippen LogP contribution in [0.2, 0.25) is 0 Å². The lowest BCUT2D eigenvalue weighted by Crippen LogP contribution is -2.33. The minimum atomic E-state index is -0.745. The van der Waals surface area contributed by atoms with Crippen LogP contribution in [0, 0.1) is 0 Å². The number of thiol groups is 1. The van der Waals surface area contributed by atoms with Crippen molar-refractivity contribution in [3.63, 3.8) is 0 Å². The Bertz CT molecular complexity index is 697. The molecule has 0 heterocycles. The van der Waals surface area contributed by atoms with Crippen LogP contribution in [0.1, 0.15) is 68.2 Å². The molecule has 0 atom stereocenters. The van der Waals surface area contributed by atoms with Crippen molar-refractivity contribution in [3.05, 3.63) is 0 Å². The fourth-order valence-corrected chi connectivity index (χ4v) is 2.65. The van der Waals surface area contributed by atoms with E-state index in [4.69, 9.17) is 26.0 Å². The molecule has 2 amide bonds. The summed E-state index contributed by atoms with van der Waals surface area (Å²) in [5.74, 6) is 1.14. The first-order valence-electron chi connectivity index (χ1n) is 12.4. The number of halogens is 2. The average Bonchev–Trinajstić information content (AvgIpc) is 2.82. The molecule has 41 heavy (non-hydrogen) atoms. The Morgan fingerprint density at radius 2 is 1.15 bits per heavy atom. The number of rotatable bonds is 10. The summed E-state index contributed by atoms with van der Waals surface area (Å²) in [5.41, 5.74) is 9.23. The van der Waals surface area contributed by atoms with E-state index in [1.54, 1.807) is 6.92 Å². The van der Waals surface area contributed by atoms with E-state index in [0.717, 1.165) is 0 Å². The lowest BCUT2D eigenvalue weighted by Gasteiger charge is -2.19. The zero-order valence-electron chi connectivity index (χ0n) is 25.4. The molecule has 0 fully saturated rings. The van der Waals surface area contributed by atoms with Crippen LogP contribution in [0.3, 0.4) is 0 Å². The highest BCUT2D eigenvalue weighted by Gasteiger charge is 2.16. The molecule has 0 aliphatic rings. The number of nitrogens with two attached hydrogens (primary N) is 2. The summed E-state index contributed by atoms with van der Waals surface area (Å²) in [4.78, 5) is 52.6. The monoisotopic (exact) mass is 690 g/mol. The second-order valence-electron chi connectivity index (χ2n) is 9.12. The minimum absolute atomic E-state index is 0. The van der Waals surface area contributed by atoms with Crippen molar-refractivity contribution >= 4 is 89.4 Å². The van der Waals surface area contributed by atoms with E-state index in [1.165, 1.54) is 23.5 Å². The number of alkyl carbamates (subject to hydrolysis) is 2. The van der Waals surface area contributed by atoms with Crippen LogP contribution < -0.4 is 22.1 Å². The largest absolute Gasteiger partial charge is 0.481 e. The Hall–Kier alpha value is -1.10. The second kappa shape index (κ2) is 33.4. The van der Waals surface area contributed by atoms with E-state index >= 15 is 0 Å². The van der Waals surface area contributed by atoms with Crippen LogP contribution in [-0.4, -0.2) is 88.1 Å². The van der Waals surface area contributed by atoms with Gasteiger partial charge in [0, 0.05) is 49.7 Å². The molecule has 7 N–H and O–H groups in total. The number of ether oxygens (including phenoxy) is 2. The van der Waals surface area contributed by atoms with E-state index in [1.807, 2.05) is 48.5 Å². The third-order valence-corrected chi connectivity index (χ3v) is 5.12. The summed E-state index contributed by atoms with van der Waals surface area (Å²) in [5, 5.41) is 13.0. The number of carboxylic acids is 1. The smallest absolute Gasteiger partial charge is 0.407 e. The zero-order chi connectivity index (χ0) is 31.5. The first-order valence-corrected chi connectivity index (χ1v) is 15.0. The van der Waals surface area contributed by atoms with Gasteiger partial charge in [-0.3, -0.25) is 14.4 Å². The highest BCUT2D eigenvalue weighted by atomic mass is 35.5. The van der Waals surface area contributed by atoms with Crippen molar-refractivity contribution in [1.82, 2.24) is 10.6 Å². The van der Waals surface area contributed by atoms with Crippen LogP contribution in [0.4, 0.5) is 9.59 Å². The number of hydrogen-bond donors (Lipinski definition) is 6. The molecule has 0 unspecified atom stereocenters. The summed E-state index contributed by atoms with van der Waals surface area (Å²) >= 11 is 6.35. The lowest BCUT2D eigenvalue weighted by atomic mass is 10.2. The third-order valence-electron chi connectivity index (χ3n) is 2.95. The van der Waals surface area contributed by atoms with Crippen LogP contribution in [-0.2, 0) is 23.9 Å². The number of amides is 2. The SMILES string of the molecule is CC(C)(C)OC(=O)NCCS.CCC(=O)O.CCC(=O)SCCNC(=O)OC(C)(C)C.Cl.Cl.NCCSC(=O)CN. The highest BCUT2D eigenvalue weighted by molar-refractivity contribution is 8.13. The standard InChI is InChI=1S/C10H19NO3S.C7H15NO2S.C4H10N2OS.C3H6O2.2ClH/c1-5-8(12)15-7-6-11-9(13)14-10(2,3)4;1-7(2,3)10-6(9)8-4-5-11;5-1-2-8-4(7)3-6;1-2-3(4)5;;/h5-7H2,1-4H3,(H,11,13);11H,4-5H2,1-3H3,(H,8,9);1-3,5-6H2;2H2,1H3,(H,4,5);2*1H. The lowest BCUT2D eigenvalue weighted by molar-refractivity contribution is -0.136. The van der Waals surface area contributed by atoms with Crippen molar-refractivity contribution < 1.29 is 38.6 Å². The molecule has 17 heteroatoms. The molecule has 0 saturated carbocycles. The van der Waals surface area contributed by atoms with E-state index in [0.29, 0.717) is 43.3 Å². The maximum Gasteiger partial charge on any atom is 0.407 e. The fraction of sp³-hybridized carbons (Fsp3) is 0.792. The molecule has 0 saturated heterocycles. The Labute approximate surface area is 271 Å². The quantitative estimate of drug-likeness (QED) is 0.142. The van der Waals surface area contributed by atoms with Crippen LogP contribution in [0.25, 0.3) is 0 Å². The van der Waals surface area contributed by atoms with E-state index in [-0.39, 0.29) is 54.1 Å². The van der Waals surface area contributed by atoms with Gasteiger partial charge >= 0.3 is 18.2 Å². The number of hydrogen-bond acceptors (Lipinski definition) is 12. The van der Waals surface area contributed by atoms with Gasteiger partial charge in [-0.15, -0.1) is 24.8 Å². The molecule has 0 aliphatic heterocycles. The van der Waals surface area contributed by atoms with Gasteiger partial charge in [0.1, 0.15) is 11.2 Å². The molecule has 12 nitrogen and oxygen atoms in total. The topological polar surface area (TPSA) is 200 Å². The minimum Gasteiger partial charge on any atom is -0.481 e. The molecule has 0 aromatic rings. The van der Waals surface area contributed by atoms with Gasteiger partial charge < -0.3 is 36.7 Å². The maximum atomic E-state index is 11.1. The van der Waals surface area contributed by atoms with Gasteiger partial charge in [-0.1, -0.05) is 37.4 Å². The van der Waals surface area contributed by atoms with Crippen LogP contribution in [0.5, 0.6) is 0 Å². The van der Waals surface area contributed by atoms with Crippen molar-refractivity contribution in [2.75, 3.05) is 43.4 Å². The maximum absolute atomic E-state index is 11.1. The Morgan fingerprint density at radius 3 is 1.44 bits per heavy atom. The first kappa shape index (κ1) is 52.5. The predicted octanol–water partition coefficient (Wildman–Crippen LogP) is 4.11. The molecular weight excluding hydrogens is 639 g/mol. The first-order chi connectivity index (χ1) is 17.9. The molecule has 0 bridgehead atoms. The van der Waals surface area contributed by atoms with E-state index in [9.17, 15) is 24.0 Å². The normalized spacial score (nSPS) is 9.63. The van der Waals surface area contributed by atoms with Gasteiger partial charge in [-0.25, -0.2) is 9.59 Å². The van der Waals surface area contributed by atoms with Gasteiger partial charge in [0.15, 0.2) is 5.12 Å². The van der Waals surface area contributed by atoms with Crippen molar-refractivity contribution in [2.24, 2.45) is 11.5 Å². The predicted molar refractivity (Wildman–Crippen MR) is 178 cm³/mol. The van der Waals surface area contributed by atoms with Crippen molar-refractivity contribution in [3.8, 4) is 0 Å². The zero-order valence-corrected chi connectivity index (χ0v) is 29.6. The Morgan fingerprint density at radius 1 is 0.756 bits per heavy atom. The molecule has 0 aromatic carbocycles. The van der Waals surface area contributed by atoms with Crippen LogP contribution in [0.15, 0.2) is 0 Å². The number of thioether (sulfide) groups is 2. The molecular formula is C24H52Cl2N4O8S3. The molecule has 0 radical (unpaired) electrons. The number of carbonyl (C=O) groups excluding carboxylic acids is 4. The van der Waals surface area contributed by atoms with Crippen molar-refractivity contribution in [1.29, 1.82) is 0 Å². The number of carbonyl (C=O) groups is 5. The Kier molecular flexibility index (Phi) is 42.8. The second-order valence-corrected chi connectivity index (χ2v) is 11.9. The summed E-state index contributed by atoms with van der Waals surface area (Å²) in [6, 6.07) is 0. The van der Waals surface area contributed by atoms with Gasteiger partial charge in [-0.2, -0.15) is 12.6 Å². The van der Waals surface area contributed by atoms with E-state index < -0.39 is 23.3 Å². The number of aliphatic carboxylic acids is 1. The summed E-state index contributed by atoms with van der Waals surface area (Å²) in [6.45, 7) is 16.0. The summed E-state index contributed by atoms with van der Waals surface area (Å²) in [7, 11) is 0. The third kappa shape index (κ3) is 59.2. The highest BCUT2D eigenvalue weighted by Crippen LogP contribution is 2.07. The number of carboxylic acid groups (broad SMARTS) is 1. The fourth-order valence-electron chi connectivity index (χ4n) is 1.44. The van der Waals surface area contributed by atoms with Gasteiger partial charge in [0.05, 0.1) is 6.54 Å². The van der Waals surface area contributed by atoms with Gasteiger partial charge in [-0.05, 0) is 41.5 Å². The number of nitrogens with one attached hydrogen (secondary N) is 2. The Balaban J connectivity index is -0.000000105. The molecule has 0 spiro atoms. The summed E-state index contributed by atoms with van der Waals surface area (Å²) in [6.07, 6.45) is -0.0736. The van der Waals surface area contributed by atoms with Gasteiger partial charge in [0.25, 0.3) is 0 Å².